The van der Waals surface area contributed by atoms with Gasteiger partial charge in [0.1, 0.15) is 0 Å². The number of ketones is 1. The number of fused-ring (bicyclic) bond motifs is 1. The molecule has 1 aliphatic carbocycles. The van der Waals surface area contributed by atoms with Gasteiger partial charge < -0.3 is 10.1 Å². The molecule has 6 nitrogen and oxygen atoms in total. The zero-order chi connectivity index (χ0) is 24.5. The van der Waals surface area contributed by atoms with Crippen molar-refractivity contribution < 1.29 is 19.1 Å². The molecule has 3 aromatic rings. The Hall–Kier alpha value is -4.19. The second-order valence-electron chi connectivity index (χ2n) is 8.88. The third kappa shape index (κ3) is 4.12. The second-order valence-corrected chi connectivity index (χ2v) is 8.88. The fourth-order valence-electron chi connectivity index (χ4n) is 5.13. The summed E-state index contributed by atoms with van der Waals surface area (Å²) >= 11 is 0. The van der Waals surface area contributed by atoms with E-state index in [1.54, 1.807) is 29.2 Å². The summed E-state index contributed by atoms with van der Waals surface area (Å²) in [7, 11) is 1.34. The molecule has 2 atom stereocenters. The number of anilines is 2. The van der Waals surface area contributed by atoms with Gasteiger partial charge in [-0.05, 0) is 47.7 Å². The Bertz CT molecular complexity index is 1330. The molecule has 0 radical (unpaired) electrons. The first-order valence-corrected chi connectivity index (χ1v) is 11.6. The lowest BCUT2D eigenvalue weighted by Gasteiger charge is -2.34. The van der Waals surface area contributed by atoms with Crippen LogP contribution in [0.15, 0.2) is 90.1 Å². The summed E-state index contributed by atoms with van der Waals surface area (Å²) in [5.74, 6) is -0.553. The average Bonchev–Trinajstić information content (AvgIpc) is 3.03. The SMILES string of the molecule is COC(=O)c1ccc([C@@H]2C3=C(C[C@@H](c4ccccc4)CC3=O)Nc3ccccc3N2C(C)=O)cc1. The van der Waals surface area contributed by atoms with E-state index in [0.717, 1.165) is 22.5 Å². The summed E-state index contributed by atoms with van der Waals surface area (Å²) < 4.78 is 4.83. The van der Waals surface area contributed by atoms with Gasteiger partial charge in [-0.3, -0.25) is 14.5 Å². The lowest BCUT2D eigenvalue weighted by atomic mass is 9.78. The maximum Gasteiger partial charge on any atom is 0.337 e. The Morgan fingerprint density at radius 3 is 2.26 bits per heavy atom. The zero-order valence-corrected chi connectivity index (χ0v) is 19.7. The highest BCUT2D eigenvalue weighted by Gasteiger charge is 2.40. The average molecular weight is 467 g/mol. The largest absolute Gasteiger partial charge is 0.465 e. The molecule has 1 amide bonds. The van der Waals surface area contributed by atoms with Crippen molar-refractivity contribution >= 4 is 29.0 Å². The van der Waals surface area contributed by atoms with Gasteiger partial charge in [-0.2, -0.15) is 0 Å². The van der Waals surface area contributed by atoms with Crippen LogP contribution >= 0.6 is 0 Å². The number of allylic oxidation sites excluding steroid dienone is 1. The summed E-state index contributed by atoms with van der Waals surface area (Å²) in [6.45, 7) is 1.51. The fraction of sp³-hybridized carbons (Fsp3) is 0.207. The molecule has 176 valence electrons. The number of benzene rings is 3. The number of carbonyl (C=O) groups is 3. The van der Waals surface area contributed by atoms with Crippen LogP contribution in [-0.2, 0) is 14.3 Å². The first-order valence-electron chi connectivity index (χ1n) is 11.6. The van der Waals surface area contributed by atoms with Crippen LogP contribution in [0.2, 0.25) is 0 Å². The van der Waals surface area contributed by atoms with Crippen LogP contribution in [0.1, 0.15) is 53.2 Å². The van der Waals surface area contributed by atoms with Crippen molar-refractivity contribution in [1.82, 2.24) is 0 Å². The Balaban J connectivity index is 1.68. The van der Waals surface area contributed by atoms with Gasteiger partial charge in [-0.15, -0.1) is 0 Å². The van der Waals surface area contributed by atoms with Crippen molar-refractivity contribution in [3.05, 3.63) is 107 Å². The summed E-state index contributed by atoms with van der Waals surface area (Å²) in [5.41, 5.74) is 5.19. The molecule has 0 unspecified atom stereocenters. The molecule has 3 aromatic carbocycles. The molecule has 0 aromatic heterocycles. The summed E-state index contributed by atoms with van der Waals surface area (Å²) in [4.78, 5) is 40.5. The predicted octanol–water partition coefficient (Wildman–Crippen LogP) is 5.39. The number of carbonyl (C=O) groups excluding carboxylic acids is 3. The number of hydrogen-bond donors (Lipinski definition) is 1. The van der Waals surface area contributed by atoms with Crippen molar-refractivity contribution in [3.63, 3.8) is 0 Å². The van der Waals surface area contributed by atoms with Gasteiger partial charge in [0.15, 0.2) is 5.78 Å². The van der Waals surface area contributed by atoms with E-state index < -0.39 is 12.0 Å². The van der Waals surface area contributed by atoms with Gasteiger partial charge in [0.05, 0.1) is 30.1 Å². The van der Waals surface area contributed by atoms with E-state index in [1.807, 2.05) is 42.5 Å². The number of esters is 1. The van der Waals surface area contributed by atoms with Crippen molar-refractivity contribution in [1.29, 1.82) is 0 Å². The molecule has 0 saturated heterocycles. The molecule has 1 N–H and O–H groups in total. The van der Waals surface area contributed by atoms with Crippen molar-refractivity contribution in [3.8, 4) is 0 Å². The Kier molecular flexibility index (Phi) is 5.95. The molecule has 0 spiro atoms. The molecule has 0 bridgehead atoms. The highest BCUT2D eigenvalue weighted by Crippen LogP contribution is 2.47. The van der Waals surface area contributed by atoms with E-state index in [4.69, 9.17) is 4.74 Å². The molecule has 1 aliphatic heterocycles. The second kappa shape index (κ2) is 9.22. The zero-order valence-electron chi connectivity index (χ0n) is 19.7. The maximum absolute atomic E-state index is 13.8. The smallest absolute Gasteiger partial charge is 0.337 e. The molecule has 0 fully saturated rings. The normalized spacial score (nSPS) is 19.3. The molecule has 2 aliphatic rings. The number of ether oxygens (including phenoxy) is 1. The quantitative estimate of drug-likeness (QED) is 0.524. The summed E-state index contributed by atoms with van der Waals surface area (Å²) in [6, 6.07) is 24.0. The van der Waals surface area contributed by atoms with E-state index in [0.29, 0.717) is 29.7 Å². The van der Waals surface area contributed by atoms with Crippen LogP contribution in [0.25, 0.3) is 0 Å². The van der Waals surface area contributed by atoms with Gasteiger partial charge in [-0.25, -0.2) is 4.79 Å². The fourth-order valence-corrected chi connectivity index (χ4v) is 5.13. The monoisotopic (exact) mass is 466 g/mol. The minimum atomic E-state index is -0.616. The minimum absolute atomic E-state index is 0.00806. The first-order chi connectivity index (χ1) is 17.0. The third-order valence-electron chi connectivity index (χ3n) is 6.75. The first kappa shape index (κ1) is 22.6. The topological polar surface area (TPSA) is 75.7 Å². The van der Waals surface area contributed by atoms with Gasteiger partial charge >= 0.3 is 5.97 Å². The summed E-state index contributed by atoms with van der Waals surface area (Å²) in [6.07, 6.45) is 1.02. The highest BCUT2D eigenvalue weighted by atomic mass is 16.5. The number of amides is 1. The molecular weight excluding hydrogens is 440 g/mol. The molecule has 6 heteroatoms. The van der Waals surface area contributed by atoms with E-state index in [1.165, 1.54) is 14.0 Å². The van der Waals surface area contributed by atoms with Gasteiger partial charge in [-0.1, -0.05) is 54.6 Å². The number of rotatable bonds is 3. The lowest BCUT2D eigenvalue weighted by molar-refractivity contribution is -0.117. The van der Waals surface area contributed by atoms with Crippen LogP contribution in [0.3, 0.4) is 0 Å². The number of para-hydroxylation sites is 2. The minimum Gasteiger partial charge on any atom is -0.465 e. The number of hydrogen-bond acceptors (Lipinski definition) is 5. The number of nitrogens with zero attached hydrogens (tertiary/aromatic N) is 1. The number of nitrogens with one attached hydrogen (secondary N) is 1. The highest BCUT2D eigenvalue weighted by molar-refractivity contribution is 6.06. The Morgan fingerprint density at radius 1 is 0.886 bits per heavy atom. The molecule has 0 saturated carbocycles. The van der Waals surface area contributed by atoms with Crippen LogP contribution < -0.4 is 10.2 Å². The maximum atomic E-state index is 13.8. The molecule has 35 heavy (non-hydrogen) atoms. The van der Waals surface area contributed by atoms with Crippen LogP contribution in [-0.4, -0.2) is 24.8 Å². The van der Waals surface area contributed by atoms with Crippen molar-refractivity contribution in [2.75, 3.05) is 17.3 Å². The van der Waals surface area contributed by atoms with E-state index in [9.17, 15) is 14.4 Å². The standard InChI is InChI=1S/C29H26N2O4/c1-18(32)31-25-11-7-6-10-23(25)30-24-16-22(19-8-4-3-5-9-19)17-26(33)27(24)28(31)20-12-14-21(15-13-20)29(34)35-2/h3-15,22,28,30H,16-17H2,1-2H3/t22-,28-/m1/s1. The van der Waals surface area contributed by atoms with Gasteiger partial charge in [0.25, 0.3) is 0 Å². The van der Waals surface area contributed by atoms with Gasteiger partial charge in [0, 0.05) is 24.6 Å². The summed E-state index contributed by atoms with van der Waals surface area (Å²) in [5, 5.41) is 3.51. The van der Waals surface area contributed by atoms with Crippen LogP contribution in [0.4, 0.5) is 11.4 Å². The van der Waals surface area contributed by atoms with Crippen molar-refractivity contribution in [2.45, 2.75) is 31.7 Å². The predicted molar refractivity (Wildman–Crippen MR) is 134 cm³/mol. The third-order valence-corrected chi connectivity index (χ3v) is 6.75. The molecular formula is C29H26N2O4. The van der Waals surface area contributed by atoms with E-state index in [-0.39, 0.29) is 17.6 Å². The molecule has 1 heterocycles. The Morgan fingerprint density at radius 2 is 1.57 bits per heavy atom. The van der Waals surface area contributed by atoms with Crippen LogP contribution in [0, 0.1) is 0 Å². The van der Waals surface area contributed by atoms with Crippen LogP contribution in [0.5, 0.6) is 0 Å². The number of Topliss-reactive ketones (excluding diaryl/α,β-unsaturated/α-hetero) is 1. The van der Waals surface area contributed by atoms with E-state index in [2.05, 4.69) is 17.4 Å². The Labute approximate surface area is 204 Å². The van der Waals surface area contributed by atoms with E-state index >= 15 is 0 Å². The molecule has 5 rings (SSSR count). The number of methoxy groups -OCH3 is 1. The van der Waals surface area contributed by atoms with Gasteiger partial charge in [0.2, 0.25) is 5.91 Å². The lowest BCUT2D eigenvalue weighted by Crippen LogP contribution is -2.37. The van der Waals surface area contributed by atoms with Crippen molar-refractivity contribution in [2.24, 2.45) is 0 Å².